The van der Waals surface area contributed by atoms with Gasteiger partial charge in [0.2, 0.25) is 0 Å². The van der Waals surface area contributed by atoms with E-state index >= 15 is 0 Å². The first-order valence-corrected chi connectivity index (χ1v) is 10.7. The number of hydrogen-bond acceptors (Lipinski definition) is 4. The molecule has 160 valence electrons. The van der Waals surface area contributed by atoms with Gasteiger partial charge in [0, 0.05) is 12.2 Å². The van der Waals surface area contributed by atoms with Crippen LogP contribution in [0.2, 0.25) is 0 Å². The van der Waals surface area contributed by atoms with Crippen molar-refractivity contribution in [1.82, 2.24) is 9.80 Å². The summed E-state index contributed by atoms with van der Waals surface area (Å²) in [6.07, 6.45) is 7.24. The molecule has 4 amide bonds. The molecule has 1 aromatic carbocycles. The van der Waals surface area contributed by atoms with Crippen LogP contribution in [-0.2, 0) is 9.59 Å². The van der Waals surface area contributed by atoms with E-state index in [1.54, 1.807) is 12.1 Å². The Bertz CT molecular complexity index is 846. The van der Waals surface area contributed by atoms with Crippen LogP contribution in [0.15, 0.2) is 35.9 Å². The molecule has 1 aliphatic carbocycles. The number of quaternary nitrogens is 1. The molecule has 1 aromatic rings. The number of rotatable bonds is 6. The van der Waals surface area contributed by atoms with Crippen LogP contribution >= 0.6 is 0 Å². The highest BCUT2D eigenvalue weighted by atomic mass is 19.1. The molecule has 0 atom stereocenters. The average molecular weight is 415 g/mol. The average Bonchev–Trinajstić information content (AvgIpc) is 2.97. The van der Waals surface area contributed by atoms with Gasteiger partial charge in [0.05, 0.1) is 26.2 Å². The van der Waals surface area contributed by atoms with Crippen LogP contribution < -0.4 is 9.80 Å². The number of halogens is 1. The zero-order chi connectivity index (χ0) is 21.1. The summed E-state index contributed by atoms with van der Waals surface area (Å²) in [6.45, 7) is 3.43. The predicted octanol–water partition coefficient (Wildman–Crippen LogP) is 1.17. The Hall–Kier alpha value is -2.74. The summed E-state index contributed by atoms with van der Waals surface area (Å²) < 4.78 is 13.1. The van der Waals surface area contributed by atoms with Crippen LogP contribution in [-0.4, -0.2) is 67.0 Å². The van der Waals surface area contributed by atoms with Crippen molar-refractivity contribution in [3.63, 3.8) is 0 Å². The number of urea groups is 1. The number of allylic oxidation sites excluding steroid dienone is 1. The van der Waals surface area contributed by atoms with Crippen molar-refractivity contribution in [2.24, 2.45) is 0 Å². The summed E-state index contributed by atoms with van der Waals surface area (Å²) in [5.74, 6) is -1.69. The molecule has 0 aromatic heterocycles. The largest absolute Gasteiger partial charge is 0.360 e. The second-order valence-electron chi connectivity index (χ2n) is 8.20. The van der Waals surface area contributed by atoms with E-state index in [9.17, 15) is 18.8 Å². The number of imide groups is 2. The number of amides is 4. The summed E-state index contributed by atoms with van der Waals surface area (Å²) in [7, 11) is 0. The molecule has 3 aliphatic rings. The number of nitrogens with zero attached hydrogens (tertiary/aromatic N) is 3. The fourth-order valence-corrected chi connectivity index (χ4v) is 4.39. The van der Waals surface area contributed by atoms with Crippen molar-refractivity contribution in [3.05, 3.63) is 41.7 Å². The van der Waals surface area contributed by atoms with Gasteiger partial charge in [-0.3, -0.25) is 14.5 Å². The number of carbonyl (C=O) groups is 3. The summed E-state index contributed by atoms with van der Waals surface area (Å²) in [5, 5.41) is 0. The molecular formula is C22H28FN4O3+. The first-order valence-electron chi connectivity index (χ1n) is 10.7. The topological polar surface area (TPSA) is 65.4 Å². The molecule has 2 heterocycles. The lowest BCUT2D eigenvalue weighted by atomic mass is 9.97. The first kappa shape index (κ1) is 20.5. The molecule has 7 nitrogen and oxygen atoms in total. The predicted molar refractivity (Wildman–Crippen MR) is 109 cm³/mol. The van der Waals surface area contributed by atoms with Gasteiger partial charge in [-0.15, -0.1) is 0 Å². The quantitative estimate of drug-likeness (QED) is 0.430. The van der Waals surface area contributed by atoms with Gasteiger partial charge >= 0.3 is 17.8 Å². The zero-order valence-corrected chi connectivity index (χ0v) is 17.1. The van der Waals surface area contributed by atoms with Crippen LogP contribution in [0, 0.1) is 5.82 Å². The number of anilines is 1. The molecule has 30 heavy (non-hydrogen) atoms. The fourth-order valence-electron chi connectivity index (χ4n) is 4.39. The Morgan fingerprint density at radius 2 is 1.63 bits per heavy atom. The van der Waals surface area contributed by atoms with Crippen LogP contribution in [0.4, 0.5) is 14.9 Å². The lowest BCUT2D eigenvalue weighted by molar-refractivity contribution is -0.907. The molecule has 0 radical (unpaired) electrons. The van der Waals surface area contributed by atoms with Crippen LogP contribution in [0.1, 0.15) is 32.1 Å². The maximum absolute atomic E-state index is 13.1. The summed E-state index contributed by atoms with van der Waals surface area (Å²) in [6, 6.07) is 5.91. The van der Waals surface area contributed by atoms with Crippen molar-refractivity contribution in [2.45, 2.75) is 32.1 Å². The molecule has 0 unspecified atom stereocenters. The molecule has 0 bridgehead atoms. The molecule has 4 rings (SSSR count). The van der Waals surface area contributed by atoms with Crippen molar-refractivity contribution in [1.29, 1.82) is 0 Å². The lowest BCUT2D eigenvalue weighted by Gasteiger charge is -2.34. The van der Waals surface area contributed by atoms with Crippen LogP contribution in [0.3, 0.4) is 0 Å². The molecule has 2 aliphatic heterocycles. The van der Waals surface area contributed by atoms with E-state index in [0.717, 1.165) is 65.8 Å². The van der Waals surface area contributed by atoms with Gasteiger partial charge in [0.1, 0.15) is 5.82 Å². The van der Waals surface area contributed by atoms with Crippen molar-refractivity contribution in [3.8, 4) is 0 Å². The highest BCUT2D eigenvalue weighted by Crippen LogP contribution is 2.22. The van der Waals surface area contributed by atoms with E-state index in [4.69, 9.17) is 0 Å². The minimum absolute atomic E-state index is 0.208. The summed E-state index contributed by atoms with van der Waals surface area (Å²) in [5.41, 5.74) is 2.23. The third-order valence-electron chi connectivity index (χ3n) is 6.22. The highest BCUT2D eigenvalue weighted by molar-refractivity contribution is 6.44. The van der Waals surface area contributed by atoms with E-state index in [-0.39, 0.29) is 19.0 Å². The van der Waals surface area contributed by atoms with E-state index in [1.165, 1.54) is 24.1 Å². The number of carbonyl (C=O) groups excluding carboxylic acids is 3. The fraction of sp³-hybridized carbons (Fsp3) is 0.500. The standard InChI is InChI=1S/C22H27FN4O3/c23-18-6-8-19(9-7-18)25-14-12-24(13-15-25)16-27-21(29)20(28)26(22(27)30)11-10-17-4-2-1-3-5-17/h4,6-9H,1-3,5,10-16H2/p+1. The van der Waals surface area contributed by atoms with Gasteiger partial charge in [-0.05, 0) is 56.4 Å². The minimum atomic E-state index is -0.717. The molecule has 2 saturated heterocycles. The zero-order valence-electron chi connectivity index (χ0n) is 17.1. The van der Waals surface area contributed by atoms with Gasteiger partial charge in [0.15, 0.2) is 6.67 Å². The second kappa shape index (κ2) is 8.95. The molecule has 1 N–H and O–H groups in total. The number of nitrogens with one attached hydrogen (secondary N) is 1. The SMILES string of the molecule is O=C1C(=O)N(C[NH+]2CCN(c3ccc(F)cc3)CC2)C(=O)N1CCC1=CCCCC1. The molecule has 0 saturated carbocycles. The highest BCUT2D eigenvalue weighted by Gasteiger charge is 2.46. The molecular weight excluding hydrogens is 387 g/mol. The third kappa shape index (κ3) is 4.38. The maximum Gasteiger partial charge on any atom is 0.338 e. The molecule has 2 fully saturated rings. The van der Waals surface area contributed by atoms with Gasteiger partial charge in [-0.1, -0.05) is 11.6 Å². The summed E-state index contributed by atoms with van der Waals surface area (Å²) in [4.78, 5) is 42.9. The van der Waals surface area contributed by atoms with Crippen molar-refractivity contribution in [2.75, 3.05) is 44.3 Å². The Labute approximate surface area is 175 Å². The Balaban J connectivity index is 1.30. The Kier molecular flexibility index (Phi) is 6.13. The number of hydrogen-bond donors (Lipinski definition) is 1. The van der Waals surface area contributed by atoms with E-state index in [2.05, 4.69) is 11.0 Å². The van der Waals surface area contributed by atoms with E-state index in [1.807, 2.05) is 0 Å². The minimum Gasteiger partial charge on any atom is -0.360 e. The number of benzene rings is 1. The van der Waals surface area contributed by atoms with Gasteiger partial charge in [-0.2, -0.15) is 0 Å². The van der Waals surface area contributed by atoms with Crippen LogP contribution in [0.5, 0.6) is 0 Å². The van der Waals surface area contributed by atoms with Gasteiger partial charge in [-0.25, -0.2) is 14.1 Å². The van der Waals surface area contributed by atoms with E-state index in [0.29, 0.717) is 6.42 Å². The third-order valence-corrected chi connectivity index (χ3v) is 6.22. The molecule has 0 spiro atoms. The molecule has 8 heteroatoms. The van der Waals surface area contributed by atoms with Gasteiger partial charge in [0.25, 0.3) is 0 Å². The normalized spacial score (nSPS) is 20.9. The maximum atomic E-state index is 13.1. The second-order valence-corrected chi connectivity index (χ2v) is 8.20. The van der Waals surface area contributed by atoms with Crippen LogP contribution in [0.25, 0.3) is 0 Å². The lowest BCUT2D eigenvalue weighted by Crippen LogP contribution is -3.16. The van der Waals surface area contributed by atoms with Crippen molar-refractivity contribution >= 4 is 23.5 Å². The first-order chi connectivity index (χ1) is 14.5. The smallest absolute Gasteiger partial charge is 0.338 e. The monoisotopic (exact) mass is 415 g/mol. The van der Waals surface area contributed by atoms with Crippen molar-refractivity contribution < 1.29 is 23.7 Å². The van der Waals surface area contributed by atoms with Gasteiger partial charge < -0.3 is 9.80 Å². The Morgan fingerprint density at radius 1 is 0.933 bits per heavy atom. The summed E-state index contributed by atoms with van der Waals surface area (Å²) >= 11 is 0. The Morgan fingerprint density at radius 3 is 2.30 bits per heavy atom. The number of piperazine rings is 1. The van der Waals surface area contributed by atoms with E-state index < -0.39 is 17.8 Å².